The first-order valence-electron chi connectivity index (χ1n) is 7.34. The molecule has 1 aromatic heterocycles. The van der Waals surface area contributed by atoms with Gasteiger partial charge in [0.25, 0.3) is 5.91 Å². The maximum Gasteiger partial charge on any atom is 0.255 e. The Balaban J connectivity index is 1.74. The lowest BCUT2D eigenvalue weighted by molar-refractivity contribution is -0.117. The molecule has 3 rings (SSSR count). The van der Waals surface area contributed by atoms with Gasteiger partial charge in [-0.1, -0.05) is 29.8 Å². The lowest BCUT2D eigenvalue weighted by atomic mass is 9.77. The SMILES string of the molecule is C[C@H](NC(=O)c1cn[nH]c1-c1ccccc1Cl)C1CC(F)(F)C1. The molecule has 1 fully saturated rings. The van der Waals surface area contributed by atoms with Crippen LogP contribution in [0.2, 0.25) is 5.02 Å². The van der Waals surface area contributed by atoms with Crippen molar-refractivity contribution in [3.05, 3.63) is 41.0 Å². The minimum Gasteiger partial charge on any atom is -0.349 e. The van der Waals surface area contributed by atoms with E-state index in [0.29, 0.717) is 21.8 Å². The predicted octanol–water partition coefficient (Wildman–Crippen LogP) is 3.89. The number of aromatic nitrogens is 2. The number of rotatable bonds is 4. The summed E-state index contributed by atoms with van der Waals surface area (Å²) < 4.78 is 25.9. The third-order valence-electron chi connectivity index (χ3n) is 4.21. The van der Waals surface area contributed by atoms with E-state index in [0.717, 1.165) is 0 Å². The number of nitrogens with zero attached hydrogens (tertiary/aromatic N) is 1. The zero-order valence-corrected chi connectivity index (χ0v) is 13.2. The fourth-order valence-electron chi connectivity index (χ4n) is 2.79. The second kappa shape index (κ2) is 5.92. The molecule has 0 aliphatic heterocycles. The Labute approximate surface area is 137 Å². The van der Waals surface area contributed by atoms with Gasteiger partial charge in [-0.2, -0.15) is 5.10 Å². The van der Waals surface area contributed by atoms with E-state index in [2.05, 4.69) is 15.5 Å². The van der Waals surface area contributed by atoms with Crippen molar-refractivity contribution in [3.8, 4) is 11.3 Å². The number of hydrogen-bond acceptors (Lipinski definition) is 2. The first-order valence-corrected chi connectivity index (χ1v) is 7.72. The molecule has 2 aromatic rings. The van der Waals surface area contributed by atoms with Gasteiger partial charge < -0.3 is 5.32 Å². The Morgan fingerprint density at radius 1 is 1.43 bits per heavy atom. The molecule has 0 saturated heterocycles. The zero-order valence-electron chi connectivity index (χ0n) is 12.4. The molecule has 122 valence electrons. The van der Waals surface area contributed by atoms with Crippen LogP contribution in [0.25, 0.3) is 11.3 Å². The number of aromatic amines is 1. The molecule has 1 aliphatic rings. The van der Waals surface area contributed by atoms with Crippen molar-refractivity contribution in [1.29, 1.82) is 0 Å². The smallest absolute Gasteiger partial charge is 0.255 e. The molecule has 7 heteroatoms. The van der Waals surface area contributed by atoms with Crippen molar-refractivity contribution in [2.45, 2.75) is 31.7 Å². The fraction of sp³-hybridized carbons (Fsp3) is 0.375. The van der Waals surface area contributed by atoms with Crippen molar-refractivity contribution < 1.29 is 13.6 Å². The molecule has 0 radical (unpaired) electrons. The fourth-order valence-corrected chi connectivity index (χ4v) is 3.02. The highest BCUT2D eigenvalue weighted by molar-refractivity contribution is 6.33. The minimum absolute atomic E-state index is 0.183. The monoisotopic (exact) mass is 339 g/mol. The number of nitrogens with one attached hydrogen (secondary N) is 2. The van der Waals surface area contributed by atoms with Crippen LogP contribution in [0, 0.1) is 5.92 Å². The molecule has 1 amide bonds. The van der Waals surface area contributed by atoms with Gasteiger partial charge in [0.2, 0.25) is 5.92 Å². The van der Waals surface area contributed by atoms with Gasteiger partial charge in [0.1, 0.15) is 0 Å². The molecule has 1 aliphatic carbocycles. The van der Waals surface area contributed by atoms with E-state index < -0.39 is 5.92 Å². The summed E-state index contributed by atoms with van der Waals surface area (Å²) in [6.45, 7) is 1.74. The standard InChI is InChI=1S/C16H16ClF2N3O/c1-9(10-6-16(18,19)7-10)21-15(23)12-8-20-22-14(12)11-4-2-3-5-13(11)17/h2-5,8-10H,6-7H2,1H3,(H,20,22)(H,21,23)/t9-/m0/s1. The number of H-pyrrole nitrogens is 1. The first kappa shape index (κ1) is 15.9. The molecule has 1 aromatic carbocycles. The summed E-state index contributed by atoms with van der Waals surface area (Å²) in [6, 6.07) is 6.78. The Hall–Kier alpha value is -1.95. The highest BCUT2D eigenvalue weighted by Crippen LogP contribution is 2.44. The molecule has 23 heavy (non-hydrogen) atoms. The van der Waals surface area contributed by atoms with Crippen LogP contribution in [-0.2, 0) is 0 Å². The van der Waals surface area contributed by atoms with Crippen LogP contribution in [0.3, 0.4) is 0 Å². The molecule has 0 bridgehead atoms. The second-order valence-corrected chi connectivity index (χ2v) is 6.33. The summed E-state index contributed by atoms with van der Waals surface area (Å²) in [5.74, 6) is -3.15. The summed E-state index contributed by atoms with van der Waals surface area (Å²) >= 11 is 6.15. The van der Waals surface area contributed by atoms with Crippen LogP contribution >= 0.6 is 11.6 Å². The van der Waals surface area contributed by atoms with Gasteiger partial charge in [0.05, 0.1) is 17.5 Å². The Morgan fingerprint density at radius 3 is 2.78 bits per heavy atom. The number of carbonyl (C=O) groups excluding carboxylic acids is 1. The third-order valence-corrected chi connectivity index (χ3v) is 4.54. The van der Waals surface area contributed by atoms with E-state index in [1.165, 1.54) is 6.20 Å². The van der Waals surface area contributed by atoms with Crippen LogP contribution in [0.1, 0.15) is 30.1 Å². The van der Waals surface area contributed by atoms with Gasteiger partial charge >= 0.3 is 0 Å². The largest absolute Gasteiger partial charge is 0.349 e. The molecule has 1 heterocycles. The van der Waals surface area contributed by atoms with Crippen molar-refractivity contribution in [2.24, 2.45) is 5.92 Å². The van der Waals surface area contributed by atoms with Crippen molar-refractivity contribution in [2.75, 3.05) is 0 Å². The number of hydrogen-bond donors (Lipinski definition) is 2. The molecule has 2 N–H and O–H groups in total. The van der Waals surface area contributed by atoms with E-state index in [-0.39, 0.29) is 30.7 Å². The van der Waals surface area contributed by atoms with E-state index >= 15 is 0 Å². The van der Waals surface area contributed by atoms with Gasteiger partial charge in [-0.05, 0) is 18.9 Å². The van der Waals surface area contributed by atoms with Crippen LogP contribution in [0.4, 0.5) is 8.78 Å². The molecule has 4 nitrogen and oxygen atoms in total. The number of amides is 1. The van der Waals surface area contributed by atoms with Crippen molar-refractivity contribution in [3.63, 3.8) is 0 Å². The Kier molecular flexibility index (Phi) is 4.10. The van der Waals surface area contributed by atoms with Gasteiger partial charge in [-0.15, -0.1) is 0 Å². The molecular formula is C16H16ClF2N3O. The summed E-state index contributed by atoms with van der Waals surface area (Å²) in [5.41, 5.74) is 1.52. The Bertz CT molecular complexity index is 724. The van der Waals surface area contributed by atoms with Crippen LogP contribution in [0.15, 0.2) is 30.5 Å². The van der Waals surface area contributed by atoms with Crippen molar-refractivity contribution >= 4 is 17.5 Å². The quantitative estimate of drug-likeness (QED) is 0.887. The normalized spacial score (nSPS) is 18.3. The van der Waals surface area contributed by atoms with Gasteiger partial charge in [-0.3, -0.25) is 9.89 Å². The molecular weight excluding hydrogens is 324 g/mol. The highest BCUT2D eigenvalue weighted by atomic mass is 35.5. The highest BCUT2D eigenvalue weighted by Gasteiger charge is 2.47. The average Bonchev–Trinajstić information content (AvgIpc) is 2.94. The van der Waals surface area contributed by atoms with E-state index in [1.807, 2.05) is 6.07 Å². The summed E-state index contributed by atoms with van der Waals surface area (Å²) in [6.07, 6.45) is 1.05. The number of carbonyl (C=O) groups is 1. The van der Waals surface area contributed by atoms with Crippen LogP contribution < -0.4 is 5.32 Å². The topological polar surface area (TPSA) is 57.8 Å². The second-order valence-electron chi connectivity index (χ2n) is 5.92. The molecule has 1 saturated carbocycles. The van der Waals surface area contributed by atoms with Crippen molar-refractivity contribution in [1.82, 2.24) is 15.5 Å². The minimum atomic E-state index is -2.60. The molecule has 1 atom stereocenters. The number of halogens is 3. The van der Waals surface area contributed by atoms with Gasteiger partial charge in [-0.25, -0.2) is 8.78 Å². The lowest BCUT2D eigenvalue weighted by Crippen LogP contribution is -2.48. The van der Waals surface area contributed by atoms with Crippen LogP contribution in [-0.4, -0.2) is 28.1 Å². The third kappa shape index (κ3) is 3.22. The predicted molar refractivity (Wildman–Crippen MR) is 83.6 cm³/mol. The maximum atomic E-state index is 12.9. The van der Waals surface area contributed by atoms with E-state index in [4.69, 9.17) is 11.6 Å². The van der Waals surface area contributed by atoms with Crippen LogP contribution in [0.5, 0.6) is 0 Å². The summed E-state index contributed by atoms with van der Waals surface area (Å²) in [7, 11) is 0. The number of alkyl halides is 2. The summed E-state index contributed by atoms with van der Waals surface area (Å²) in [4.78, 5) is 12.4. The van der Waals surface area contributed by atoms with Gasteiger partial charge in [0, 0.05) is 29.5 Å². The van der Waals surface area contributed by atoms with E-state index in [1.54, 1.807) is 25.1 Å². The first-order chi connectivity index (χ1) is 10.9. The van der Waals surface area contributed by atoms with Gasteiger partial charge in [0.15, 0.2) is 0 Å². The lowest BCUT2D eigenvalue weighted by Gasteiger charge is -2.38. The molecule has 0 spiro atoms. The average molecular weight is 340 g/mol. The maximum absolute atomic E-state index is 12.9. The zero-order chi connectivity index (χ0) is 16.6. The Morgan fingerprint density at radius 2 is 2.13 bits per heavy atom. The number of benzene rings is 1. The summed E-state index contributed by atoms with van der Waals surface area (Å²) in [5, 5.41) is 9.95. The molecule has 0 unspecified atom stereocenters. The van der Waals surface area contributed by atoms with E-state index in [9.17, 15) is 13.6 Å².